The second-order valence-corrected chi connectivity index (χ2v) is 8.77. The normalized spacial score (nSPS) is 36.5. The molecule has 0 amide bonds. The highest BCUT2D eigenvalue weighted by Crippen LogP contribution is 2.49. The molecule has 2 aliphatic rings. The first-order chi connectivity index (χ1) is 11.2. The van der Waals surface area contributed by atoms with Gasteiger partial charge >= 0.3 is 0 Å². The van der Waals surface area contributed by atoms with E-state index in [4.69, 9.17) is 14.2 Å². The van der Waals surface area contributed by atoms with E-state index in [1.165, 1.54) is 0 Å². The average molecular weight is 342 g/mol. The van der Waals surface area contributed by atoms with Gasteiger partial charge in [0.15, 0.2) is 0 Å². The largest absolute Gasteiger partial charge is 0.372 e. The summed E-state index contributed by atoms with van der Waals surface area (Å²) in [5.74, 6) is 1.05. The predicted octanol–water partition coefficient (Wildman–Crippen LogP) is 3.77. The quantitative estimate of drug-likeness (QED) is 0.729. The molecule has 0 bridgehead atoms. The molecule has 0 aromatic rings. The van der Waals surface area contributed by atoms with Gasteiger partial charge < -0.3 is 19.5 Å². The molecule has 0 radical (unpaired) electrons. The maximum atomic E-state index is 6.37. The van der Waals surface area contributed by atoms with E-state index < -0.39 is 0 Å². The standard InChI is InChI=1S/C20H39NO3/c1-11(2)21-15-9-16-17(10-15)19(23-13(5)6)20(24-14(7)8)18(16)22-12(3)4/h11-21H,9-10H2,1-8H3. The van der Waals surface area contributed by atoms with Crippen molar-refractivity contribution in [1.29, 1.82) is 0 Å². The molecule has 2 fully saturated rings. The molecule has 2 rings (SSSR count). The van der Waals surface area contributed by atoms with Gasteiger partial charge in [-0.3, -0.25) is 0 Å². The minimum absolute atomic E-state index is 0.0461. The molecule has 2 saturated carbocycles. The molecule has 24 heavy (non-hydrogen) atoms. The van der Waals surface area contributed by atoms with Crippen molar-refractivity contribution >= 4 is 0 Å². The lowest BCUT2D eigenvalue weighted by molar-refractivity contribution is -0.154. The lowest BCUT2D eigenvalue weighted by Gasteiger charge is -2.32. The summed E-state index contributed by atoms with van der Waals surface area (Å²) in [6, 6.07) is 1.09. The number of ether oxygens (including phenoxy) is 3. The fourth-order valence-corrected chi connectivity index (χ4v) is 4.59. The van der Waals surface area contributed by atoms with E-state index in [1.54, 1.807) is 0 Å². The highest BCUT2D eigenvalue weighted by Gasteiger charge is 2.57. The van der Waals surface area contributed by atoms with Crippen LogP contribution in [0.25, 0.3) is 0 Å². The third-order valence-electron chi connectivity index (χ3n) is 5.01. The van der Waals surface area contributed by atoms with Crippen molar-refractivity contribution in [2.24, 2.45) is 11.8 Å². The van der Waals surface area contributed by atoms with Crippen molar-refractivity contribution in [3.8, 4) is 0 Å². The van der Waals surface area contributed by atoms with Crippen LogP contribution in [0.4, 0.5) is 0 Å². The molecule has 4 nitrogen and oxygen atoms in total. The highest BCUT2D eigenvalue weighted by molar-refractivity contribution is 5.07. The van der Waals surface area contributed by atoms with E-state index in [9.17, 15) is 0 Å². The second-order valence-electron chi connectivity index (χ2n) is 8.77. The smallest absolute Gasteiger partial charge is 0.111 e. The molecule has 0 aromatic carbocycles. The minimum Gasteiger partial charge on any atom is -0.372 e. The molecule has 0 aliphatic heterocycles. The molecule has 2 aliphatic carbocycles. The molecular weight excluding hydrogens is 302 g/mol. The van der Waals surface area contributed by atoms with Gasteiger partial charge in [0.05, 0.1) is 30.5 Å². The van der Waals surface area contributed by atoms with E-state index in [-0.39, 0.29) is 36.6 Å². The van der Waals surface area contributed by atoms with Crippen LogP contribution >= 0.6 is 0 Å². The Morgan fingerprint density at radius 1 is 0.625 bits per heavy atom. The van der Waals surface area contributed by atoms with E-state index >= 15 is 0 Å². The minimum atomic E-state index is 0.0461. The summed E-state index contributed by atoms with van der Waals surface area (Å²) in [5, 5.41) is 3.72. The Morgan fingerprint density at radius 2 is 1.00 bits per heavy atom. The molecule has 0 heterocycles. The molecule has 0 aromatic heterocycles. The monoisotopic (exact) mass is 341 g/mol. The molecule has 4 heteroatoms. The van der Waals surface area contributed by atoms with Gasteiger partial charge in [-0.1, -0.05) is 13.8 Å². The first kappa shape index (κ1) is 20.2. The predicted molar refractivity (Wildman–Crippen MR) is 98.3 cm³/mol. The molecule has 0 spiro atoms. The molecule has 4 atom stereocenters. The number of nitrogens with one attached hydrogen (secondary N) is 1. The lowest BCUT2D eigenvalue weighted by Crippen LogP contribution is -2.43. The summed E-state index contributed by atoms with van der Waals surface area (Å²) in [6.45, 7) is 17.2. The third-order valence-corrected chi connectivity index (χ3v) is 5.01. The summed E-state index contributed by atoms with van der Waals surface area (Å²) < 4.78 is 19.1. The second kappa shape index (κ2) is 8.48. The van der Waals surface area contributed by atoms with E-state index in [0.717, 1.165) is 12.8 Å². The van der Waals surface area contributed by atoms with E-state index in [2.05, 4.69) is 60.7 Å². The molecule has 4 unspecified atom stereocenters. The number of fused-ring (bicyclic) bond motifs is 1. The fraction of sp³-hybridized carbons (Fsp3) is 1.00. The van der Waals surface area contributed by atoms with Crippen LogP contribution in [0.15, 0.2) is 0 Å². The van der Waals surface area contributed by atoms with Crippen molar-refractivity contribution in [3.63, 3.8) is 0 Å². The summed E-state index contributed by atoms with van der Waals surface area (Å²) in [4.78, 5) is 0. The van der Waals surface area contributed by atoms with Crippen LogP contribution in [0.1, 0.15) is 68.2 Å². The zero-order chi connectivity index (χ0) is 18.0. The van der Waals surface area contributed by atoms with Crippen LogP contribution in [0.5, 0.6) is 0 Å². The summed E-state index contributed by atoms with van der Waals surface area (Å²) in [6.07, 6.45) is 3.26. The fourth-order valence-electron chi connectivity index (χ4n) is 4.59. The molecule has 142 valence electrons. The maximum Gasteiger partial charge on any atom is 0.111 e. The van der Waals surface area contributed by atoms with E-state index in [0.29, 0.717) is 23.9 Å². The van der Waals surface area contributed by atoms with Crippen LogP contribution < -0.4 is 5.32 Å². The van der Waals surface area contributed by atoms with Crippen molar-refractivity contribution in [1.82, 2.24) is 5.32 Å². The maximum absolute atomic E-state index is 6.37. The molecule has 0 saturated heterocycles. The summed E-state index contributed by atoms with van der Waals surface area (Å²) in [7, 11) is 0. The third kappa shape index (κ3) is 4.94. The highest BCUT2D eigenvalue weighted by atomic mass is 16.6. The van der Waals surface area contributed by atoms with Crippen molar-refractivity contribution in [3.05, 3.63) is 0 Å². The SMILES string of the molecule is CC(C)NC1CC2C(C1)C(OC(C)C)C(OC(C)C)C2OC(C)C. The van der Waals surface area contributed by atoms with Gasteiger partial charge in [-0.2, -0.15) is 0 Å². The first-order valence-corrected chi connectivity index (χ1v) is 9.91. The number of rotatable bonds is 8. The Labute approximate surface area is 149 Å². The first-order valence-electron chi connectivity index (χ1n) is 9.91. The van der Waals surface area contributed by atoms with Crippen LogP contribution in [0, 0.1) is 11.8 Å². The zero-order valence-electron chi connectivity index (χ0n) is 16.9. The molecule has 1 N–H and O–H groups in total. The van der Waals surface area contributed by atoms with Gasteiger partial charge in [-0.05, 0) is 66.2 Å². The van der Waals surface area contributed by atoms with Crippen LogP contribution in [-0.4, -0.2) is 48.7 Å². The summed E-state index contributed by atoms with van der Waals surface area (Å²) >= 11 is 0. The molecular formula is C20H39NO3. The van der Waals surface area contributed by atoms with Gasteiger partial charge in [-0.25, -0.2) is 0 Å². The summed E-state index contributed by atoms with van der Waals surface area (Å²) in [5.41, 5.74) is 0. The van der Waals surface area contributed by atoms with Gasteiger partial charge in [0.25, 0.3) is 0 Å². The van der Waals surface area contributed by atoms with Gasteiger partial charge in [0, 0.05) is 12.1 Å². The van der Waals surface area contributed by atoms with Crippen LogP contribution in [-0.2, 0) is 14.2 Å². The average Bonchev–Trinajstić information content (AvgIpc) is 2.90. The van der Waals surface area contributed by atoms with Crippen molar-refractivity contribution in [2.75, 3.05) is 0 Å². The Kier molecular flexibility index (Phi) is 7.12. The number of hydrogen-bond acceptors (Lipinski definition) is 4. The zero-order valence-corrected chi connectivity index (χ0v) is 16.9. The van der Waals surface area contributed by atoms with Gasteiger partial charge in [0.2, 0.25) is 0 Å². The Morgan fingerprint density at radius 3 is 1.33 bits per heavy atom. The van der Waals surface area contributed by atoms with Gasteiger partial charge in [0.1, 0.15) is 6.10 Å². The van der Waals surface area contributed by atoms with Crippen LogP contribution in [0.2, 0.25) is 0 Å². The van der Waals surface area contributed by atoms with Gasteiger partial charge in [-0.15, -0.1) is 0 Å². The Balaban J connectivity index is 2.20. The topological polar surface area (TPSA) is 39.7 Å². The van der Waals surface area contributed by atoms with Crippen molar-refractivity contribution in [2.45, 2.75) is 117 Å². The lowest BCUT2D eigenvalue weighted by atomic mass is 9.98. The van der Waals surface area contributed by atoms with Crippen molar-refractivity contribution < 1.29 is 14.2 Å². The Hall–Kier alpha value is -0.160. The number of hydrogen-bond donors (Lipinski definition) is 1. The Bertz CT molecular complexity index is 357. The van der Waals surface area contributed by atoms with E-state index in [1.807, 2.05) is 0 Å². The van der Waals surface area contributed by atoms with Crippen LogP contribution in [0.3, 0.4) is 0 Å².